The van der Waals surface area contributed by atoms with Gasteiger partial charge in [0.25, 0.3) is 0 Å². The van der Waals surface area contributed by atoms with E-state index in [1.54, 1.807) is 0 Å². The van der Waals surface area contributed by atoms with Crippen molar-refractivity contribution >= 4 is 19.5 Å². The molecule has 0 aliphatic rings. The Labute approximate surface area is 98.6 Å². The highest BCUT2D eigenvalue weighted by molar-refractivity contribution is 7.51. The van der Waals surface area contributed by atoms with Crippen LogP contribution in [-0.2, 0) is 9.36 Å². The van der Waals surface area contributed by atoms with Gasteiger partial charge in [-0.2, -0.15) is 0 Å². The molecule has 1 amide bonds. The number of hydrogen-bond donors (Lipinski definition) is 7. The molecule has 1 atom stereocenters. The van der Waals surface area contributed by atoms with Crippen molar-refractivity contribution < 1.29 is 19.1 Å². The minimum Gasteiger partial charge on any atom is -0.370 e. The SMILES string of the molecule is N=C(N)NCCCC(NCP(=O)(O)O)C(N)=O. The lowest BCUT2D eigenvalue weighted by molar-refractivity contribution is -0.120. The topological polar surface area (TPSA) is 175 Å². The molecule has 9 N–H and O–H groups in total. The van der Waals surface area contributed by atoms with Gasteiger partial charge in [-0.05, 0) is 12.8 Å². The fraction of sp³-hybridized carbons (Fsp3) is 0.714. The highest BCUT2D eigenvalue weighted by Crippen LogP contribution is 2.32. The van der Waals surface area contributed by atoms with Gasteiger partial charge in [-0.25, -0.2) is 0 Å². The summed E-state index contributed by atoms with van der Waals surface area (Å²) < 4.78 is 10.6. The first-order chi connectivity index (χ1) is 7.72. The number of hydrogen-bond acceptors (Lipinski definition) is 4. The second-order valence-electron chi connectivity index (χ2n) is 3.46. The Morgan fingerprint density at radius 2 is 2.00 bits per heavy atom. The second-order valence-corrected chi connectivity index (χ2v) is 5.11. The van der Waals surface area contributed by atoms with Crippen molar-refractivity contribution in [3.05, 3.63) is 0 Å². The van der Waals surface area contributed by atoms with Gasteiger partial charge in [0.15, 0.2) is 5.96 Å². The molecule has 0 aromatic carbocycles. The molecule has 9 nitrogen and oxygen atoms in total. The standard InChI is InChI=1S/C7H18N5O4P/c8-6(13)5(12-4-17(14,15)16)2-1-3-11-7(9)10/h5,12H,1-4H2,(H2,8,13)(H4,9,10,11)(H2,14,15,16). The van der Waals surface area contributed by atoms with E-state index in [4.69, 9.17) is 26.7 Å². The average Bonchev–Trinajstić information content (AvgIpc) is 2.13. The molecule has 0 saturated carbocycles. The summed E-state index contributed by atoms with van der Waals surface area (Å²) in [5.74, 6) is -0.856. The van der Waals surface area contributed by atoms with E-state index in [0.29, 0.717) is 19.4 Å². The van der Waals surface area contributed by atoms with Gasteiger partial charge in [0.2, 0.25) is 5.91 Å². The van der Waals surface area contributed by atoms with Crippen LogP contribution in [0, 0.1) is 5.41 Å². The molecular weight excluding hydrogens is 249 g/mol. The van der Waals surface area contributed by atoms with Gasteiger partial charge >= 0.3 is 7.60 Å². The van der Waals surface area contributed by atoms with Crippen molar-refractivity contribution in [3.63, 3.8) is 0 Å². The highest BCUT2D eigenvalue weighted by Gasteiger charge is 2.19. The first kappa shape index (κ1) is 15.9. The Morgan fingerprint density at radius 3 is 2.41 bits per heavy atom. The van der Waals surface area contributed by atoms with Crippen molar-refractivity contribution in [3.8, 4) is 0 Å². The van der Waals surface area contributed by atoms with E-state index < -0.39 is 25.8 Å². The van der Waals surface area contributed by atoms with E-state index >= 15 is 0 Å². The second kappa shape index (κ2) is 7.23. The molecule has 0 fully saturated rings. The summed E-state index contributed by atoms with van der Waals surface area (Å²) in [6.07, 6.45) is 0.192. The molecule has 17 heavy (non-hydrogen) atoms. The van der Waals surface area contributed by atoms with Crippen molar-refractivity contribution in [2.45, 2.75) is 18.9 Å². The third kappa shape index (κ3) is 9.76. The molecule has 0 heterocycles. The molecule has 0 aliphatic carbocycles. The first-order valence-corrected chi connectivity index (χ1v) is 6.67. The van der Waals surface area contributed by atoms with Gasteiger partial charge in [-0.3, -0.25) is 20.1 Å². The zero-order chi connectivity index (χ0) is 13.5. The first-order valence-electron chi connectivity index (χ1n) is 4.87. The maximum atomic E-state index is 11.0. The van der Waals surface area contributed by atoms with Gasteiger partial charge < -0.3 is 26.6 Å². The summed E-state index contributed by atoms with van der Waals surface area (Å²) in [5, 5.41) is 11.8. The van der Waals surface area contributed by atoms with Crippen LogP contribution in [0.1, 0.15) is 12.8 Å². The lowest BCUT2D eigenvalue weighted by Gasteiger charge is -2.15. The minimum absolute atomic E-state index is 0.177. The fourth-order valence-corrected chi connectivity index (χ4v) is 1.56. The molecule has 100 valence electrons. The van der Waals surface area contributed by atoms with Crippen LogP contribution in [0.2, 0.25) is 0 Å². The normalized spacial score (nSPS) is 13.1. The Bertz CT molecular complexity index is 317. The number of carbonyl (C=O) groups is 1. The molecule has 0 spiro atoms. The van der Waals surface area contributed by atoms with Crippen LogP contribution in [-0.4, -0.2) is 40.5 Å². The van der Waals surface area contributed by atoms with E-state index in [2.05, 4.69) is 10.6 Å². The number of primary amides is 1. The Hall–Kier alpha value is -1.15. The van der Waals surface area contributed by atoms with Gasteiger partial charge in [0.1, 0.15) is 0 Å². The quantitative estimate of drug-likeness (QED) is 0.113. The van der Waals surface area contributed by atoms with Crippen molar-refractivity contribution in [1.29, 1.82) is 5.41 Å². The molecule has 0 aromatic rings. The molecule has 0 saturated heterocycles. The van der Waals surface area contributed by atoms with Crippen LogP contribution in [0.4, 0.5) is 0 Å². The van der Waals surface area contributed by atoms with E-state index in [1.807, 2.05) is 0 Å². The van der Waals surface area contributed by atoms with Crippen molar-refractivity contribution in [1.82, 2.24) is 10.6 Å². The Kier molecular flexibility index (Phi) is 6.74. The number of rotatable bonds is 8. The summed E-state index contributed by atoms with van der Waals surface area (Å²) in [5.41, 5.74) is 10.1. The third-order valence-electron chi connectivity index (χ3n) is 1.87. The maximum absolute atomic E-state index is 11.0. The lowest BCUT2D eigenvalue weighted by atomic mass is 10.1. The summed E-state index contributed by atoms with van der Waals surface area (Å²) in [7, 11) is -4.20. The fourth-order valence-electron chi connectivity index (χ4n) is 1.10. The van der Waals surface area contributed by atoms with Crippen LogP contribution >= 0.6 is 7.60 Å². The van der Waals surface area contributed by atoms with Gasteiger partial charge in [0, 0.05) is 6.54 Å². The summed E-state index contributed by atoms with van der Waals surface area (Å²) in [4.78, 5) is 28.2. The van der Waals surface area contributed by atoms with Crippen LogP contribution < -0.4 is 22.1 Å². The summed E-state index contributed by atoms with van der Waals surface area (Å²) >= 11 is 0. The summed E-state index contributed by atoms with van der Waals surface area (Å²) in [6.45, 7) is 0.386. The van der Waals surface area contributed by atoms with Gasteiger partial charge in [0.05, 0.1) is 12.3 Å². The Balaban J connectivity index is 3.96. The molecule has 0 radical (unpaired) electrons. The number of carbonyl (C=O) groups excluding carboxylic acids is 1. The summed E-state index contributed by atoms with van der Waals surface area (Å²) in [6, 6.07) is -0.809. The van der Waals surface area contributed by atoms with Gasteiger partial charge in [-0.15, -0.1) is 0 Å². The third-order valence-corrected chi connectivity index (χ3v) is 2.47. The Morgan fingerprint density at radius 1 is 1.41 bits per heavy atom. The average molecular weight is 267 g/mol. The molecule has 0 aliphatic heterocycles. The smallest absolute Gasteiger partial charge is 0.339 e. The molecule has 10 heteroatoms. The lowest BCUT2D eigenvalue weighted by Crippen LogP contribution is -2.42. The van der Waals surface area contributed by atoms with E-state index in [-0.39, 0.29) is 5.96 Å². The number of nitrogens with two attached hydrogens (primary N) is 2. The zero-order valence-corrected chi connectivity index (χ0v) is 10.1. The highest BCUT2D eigenvalue weighted by atomic mass is 31.2. The number of amides is 1. The van der Waals surface area contributed by atoms with Crippen molar-refractivity contribution in [2.24, 2.45) is 11.5 Å². The monoisotopic (exact) mass is 267 g/mol. The molecule has 0 bridgehead atoms. The van der Waals surface area contributed by atoms with E-state index in [9.17, 15) is 9.36 Å². The number of guanidine groups is 1. The predicted octanol–water partition coefficient (Wildman–Crippen LogP) is -2.17. The molecule has 0 aromatic heterocycles. The minimum atomic E-state index is -4.20. The van der Waals surface area contributed by atoms with Crippen molar-refractivity contribution in [2.75, 3.05) is 12.8 Å². The molecule has 0 rings (SSSR count). The molecule has 1 unspecified atom stereocenters. The maximum Gasteiger partial charge on any atom is 0.339 e. The van der Waals surface area contributed by atoms with Crippen LogP contribution in [0.3, 0.4) is 0 Å². The van der Waals surface area contributed by atoms with Crippen LogP contribution in [0.15, 0.2) is 0 Å². The van der Waals surface area contributed by atoms with Gasteiger partial charge in [-0.1, -0.05) is 0 Å². The van der Waals surface area contributed by atoms with E-state index in [0.717, 1.165) is 0 Å². The largest absolute Gasteiger partial charge is 0.370 e. The zero-order valence-electron chi connectivity index (χ0n) is 9.22. The number of nitrogens with one attached hydrogen (secondary N) is 3. The van der Waals surface area contributed by atoms with Crippen LogP contribution in [0.25, 0.3) is 0 Å². The van der Waals surface area contributed by atoms with E-state index in [1.165, 1.54) is 0 Å². The van der Waals surface area contributed by atoms with Crippen LogP contribution in [0.5, 0.6) is 0 Å². The predicted molar refractivity (Wildman–Crippen MR) is 62.2 cm³/mol. The molecular formula is C7H18N5O4P.